The normalized spacial score (nSPS) is 35.6. The number of aliphatic carboxylic acids is 1. The molecule has 1 heterocycles. The Labute approximate surface area is 107 Å². The van der Waals surface area contributed by atoms with Crippen LogP contribution in [0, 0.1) is 17.8 Å². The van der Waals surface area contributed by atoms with Gasteiger partial charge in [0.15, 0.2) is 0 Å². The molecule has 5 nitrogen and oxygen atoms in total. The Bertz CT molecular complexity index is 331. The molecular formula is C13H21NO4. The summed E-state index contributed by atoms with van der Waals surface area (Å²) >= 11 is 0. The highest BCUT2D eigenvalue weighted by molar-refractivity contribution is 5.80. The van der Waals surface area contributed by atoms with Gasteiger partial charge in [-0.15, -0.1) is 0 Å². The molecule has 102 valence electrons. The molecule has 1 aliphatic carbocycles. The first-order chi connectivity index (χ1) is 8.58. The quantitative estimate of drug-likeness (QED) is 0.786. The van der Waals surface area contributed by atoms with Gasteiger partial charge in [-0.05, 0) is 32.6 Å². The number of carboxylic acids is 1. The molecule has 0 aromatic heterocycles. The Morgan fingerprint density at radius 2 is 2.00 bits per heavy atom. The van der Waals surface area contributed by atoms with E-state index < -0.39 is 5.97 Å². The van der Waals surface area contributed by atoms with Gasteiger partial charge in [-0.3, -0.25) is 9.59 Å². The van der Waals surface area contributed by atoms with Gasteiger partial charge in [0.2, 0.25) is 5.91 Å². The zero-order valence-corrected chi connectivity index (χ0v) is 10.7. The molecule has 5 heteroatoms. The molecular weight excluding hydrogens is 234 g/mol. The summed E-state index contributed by atoms with van der Waals surface area (Å²) in [6.45, 7) is 3.44. The number of carbonyl (C=O) groups excluding carboxylic acids is 1. The number of amides is 1. The van der Waals surface area contributed by atoms with Gasteiger partial charge in [-0.1, -0.05) is 0 Å². The summed E-state index contributed by atoms with van der Waals surface area (Å²) < 4.78 is 5.44. The second-order valence-electron chi connectivity index (χ2n) is 5.41. The maximum atomic E-state index is 11.9. The number of carbonyl (C=O) groups is 2. The van der Waals surface area contributed by atoms with Crippen LogP contribution in [-0.2, 0) is 14.3 Å². The molecule has 0 spiro atoms. The SMILES string of the molecule is CC1OCCC1CNC(=O)[C@@H]1CC[C@H](C(=O)O)C1. The fourth-order valence-electron chi connectivity index (χ4n) is 2.86. The highest BCUT2D eigenvalue weighted by Crippen LogP contribution is 2.31. The van der Waals surface area contributed by atoms with Crippen molar-refractivity contribution in [1.82, 2.24) is 5.32 Å². The van der Waals surface area contributed by atoms with Crippen LogP contribution in [0.15, 0.2) is 0 Å². The van der Waals surface area contributed by atoms with Crippen molar-refractivity contribution >= 4 is 11.9 Å². The monoisotopic (exact) mass is 255 g/mol. The first-order valence-electron chi connectivity index (χ1n) is 6.70. The van der Waals surface area contributed by atoms with Crippen LogP contribution in [0.3, 0.4) is 0 Å². The zero-order chi connectivity index (χ0) is 13.1. The Morgan fingerprint density at radius 3 is 2.56 bits per heavy atom. The van der Waals surface area contributed by atoms with Gasteiger partial charge in [-0.25, -0.2) is 0 Å². The van der Waals surface area contributed by atoms with E-state index in [9.17, 15) is 9.59 Å². The summed E-state index contributed by atoms with van der Waals surface area (Å²) in [4.78, 5) is 22.8. The molecule has 2 aliphatic rings. The minimum atomic E-state index is -0.775. The minimum Gasteiger partial charge on any atom is -0.481 e. The molecule has 2 rings (SSSR count). The van der Waals surface area contributed by atoms with E-state index in [1.54, 1.807) is 0 Å². The molecule has 2 fully saturated rings. The molecule has 1 amide bonds. The minimum absolute atomic E-state index is 0.0119. The Kier molecular flexibility index (Phi) is 4.22. The van der Waals surface area contributed by atoms with Crippen LogP contribution < -0.4 is 5.32 Å². The summed E-state index contributed by atoms with van der Waals surface area (Å²) in [6, 6.07) is 0. The predicted molar refractivity (Wildman–Crippen MR) is 65.0 cm³/mol. The van der Waals surface area contributed by atoms with E-state index in [0.717, 1.165) is 13.0 Å². The van der Waals surface area contributed by atoms with E-state index in [4.69, 9.17) is 9.84 Å². The number of rotatable bonds is 4. The van der Waals surface area contributed by atoms with Gasteiger partial charge in [0.25, 0.3) is 0 Å². The number of carboxylic acid groups (broad SMARTS) is 1. The molecule has 4 atom stereocenters. The molecule has 1 saturated heterocycles. The highest BCUT2D eigenvalue weighted by atomic mass is 16.5. The lowest BCUT2D eigenvalue weighted by molar-refractivity contribution is -0.141. The van der Waals surface area contributed by atoms with Gasteiger partial charge in [-0.2, -0.15) is 0 Å². The van der Waals surface area contributed by atoms with Gasteiger partial charge < -0.3 is 15.2 Å². The Balaban J connectivity index is 1.74. The van der Waals surface area contributed by atoms with Gasteiger partial charge in [0.05, 0.1) is 12.0 Å². The maximum Gasteiger partial charge on any atom is 0.306 e. The van der Waals surface area contributed by atoms with E-state index in [1.165, 1.54) is 0 Å². The van der Waals surface area contributed by atoms with E-state index in [-0.39, 0.29) is 23.8 Å². The third kappa shape index (κ3) is 3.02. The Hall–Kier alpha value is -1.10. The van der Waals surface area contributed by atoms with Crippen molar-refractivity contribution in [3.63, 3.8) is 0 Å². The second-order valence-corrected chi connectivity index (χ2v) is 5.41. The average molecular weight is 255 g/mol. The standard InChI is InChI=1S/C13H21NO4/c1-8-11(4-5-18-8)7-14-12(15)9-2-3-10(6-9)13(16)17/h8-11H,2-7H2,1H3,(H,14,15)(H,16,17)/t8?,9-,10+,11?/m1/s1. The number of hydrogen-bond acceptors (Lipinski definition) is 3. The van der Waals surface area contributed by atoms with Crippen LogP contribution in [0.4, 0.5) is 0 Å². The lowest BCUT2D eigenvalue weighted by atomic mass is 10.0. The van der Waals surface area contributed by atoms with E-state index >= 15 is 0 Å². The van der Waals surface area contributed by atoms with E-state index in [2.05, 4.69) is 5.32 Å². The molecule has 2 N–H and O–H groups in total. The van der Waals surface area contributed by atoms with Crippen LogP contribution in [0.1, 0.15) is 32.6 Å². The van der Waals surface area contributed by atoms with Crippen molar-refractivity contribution < 1.29 is 19.4 Å². The average Bonchev–Trinajstić information content (AvgIpc) is 2.94. The molecule has 0 bridgehead atoms. The molecule has 1 saturated carbocycles. The second kappa shape index (κ2) is 5.69. The van der Waals surface area contributed by atoms with Crippen LogP contribution in [-0.4, -0.2) is 36.2 Å². The number of hydrogen-bond donors (Lipinski definition) is 2. The lowest BCUT2D eigenvalue weighted by Crippen LogP contribution is -2.35. The fraction of sp³-hybridized carbons (Fsp3) is 0.846. The molecule has 18 heavy (non-hydrogen) atoms. The van der Waals surface area contributed by atoms with Crippen LogP contribution in [0.25, 0.3) is 0 Å². The number of ether oxygens (including phenoxy) is 1. The molecule has 1 aliphatic heterocycles. The molecule has 0 radical (unpaired) electrons. The lowest BCUT2D eigenvalue weighted by Gasteiger charge is -2.16. The summed E-state index contributed by atoms with van der Waals surface area (Å²) in [7, 11) is 0. The summed E-state index contributed by atoms with van der Waals surface area (Å²) in [5.41, 5.74) is 0. The summed E-state index contributed by atoms with van der Waals surface area (Å²) in [5.74, 6) is -0.829. The van der Waals surface area contributed by atoms with Gasteiger partial charge in [0, 0.05) is 25.0 Å². The smallest absolute Gasteiger partial charge is 0.306 e. The van der Waals surface area contributed by atoms with Gasteiger partial charge >= 0.3 is 5.97 Å². The third-order valence-electron chi connectivity index (χ3n) is 4.22. The van der Waals surface area contributed by atoms with Crippen LogP contribution >= 0.6 is 0 Å². The van der Waals surface area contributed by atoms with Crippen molar-refractivity contribution in [2.45, 2.75) is 38.7 Å². The fourth-order valence-corrected chi connectivity index (χ4v) is 2.86. The predicted octanol–water partition coefficient (Wildman–Crippen LogP) is 1.03. The van der Waals surface area contributed by atoms with Crippen molar-refractivity contribution in [2.75, 3.05) is 13.2 Å². The van der Waals surface area contributed by atoms with E-state index in [0.29, 0.717) is 31.7 Å². The van der Waals surface area contributed by atoms with Crippen molar-refractivity contribution in [3.05, 3.63) is 0 Å². The summed E-state index contributed by atoms with van der Waals surface area (Å²) in [6.07, 6.45) is 3.00. The topological polar surface area (TPSA) is 75.6 Å². The van der Waals surface area contributed by atoms with Crippen molar-refractivity contribution in [1.29, 1.82) is 0 Å². The maximum absolute atomic E-state index is 11.9. The van der Waals surface area contributed by atoms with E-state index in [1.807, 2.05) is 6.92 Å². The molecule has 2 unspecified atom stereocenters. The van der Waals surface area contributed by atoms with Crippen LogP contribution in [0.5, 0.6) is 0 Å². The Morgan fingerprint density at radius 1 is 1.28 bits per heavy atom. The van der Waals surface area contributed by atoms with Gasteiger partial charge in [0.1, 0.15) is 0 Å². The zero-order valence-electron chi connectivity index (χ0n) is 10.7. The first-order valence-corrected chi connectivity index (χ1v) is 6.70. The summed E-state index contributed by atoms with van der Waals surface area (Å²) in [5, 5.41) is 11.8. The number of nitrogens with one attached hydrogen (secondary N) is 1. The van der Waals surface area contributed by atoms with Crippen molar-refractivity contribution in [3.8, 4) is 0 Å². The van der Waals surface area contributed by atoms with Crippen molar-refractivity contribution in [2.24, 2.45) is 17.8 Å². The largest absolute Gasteiger partial charge is 0.481 e. The third-order valence-corrected chi connectivity index (χ3v) is 4.22. The van der Waals surface area contributed by atoms with Crippen LogP contribution in [0.2, 0.25) is 0 Å². The molecule has 0 aromatic rings. The first kappa shape index (κ1) is 13.3. The highest BCUT2D eigenvalue weighted by Gasteiger charge is 2.34. The molecule has 0 aromatic carbocycles.